The van der Waals surface area contributed by atoms with Crippen molar-refractivity contribution in [3.8, 4) is 0 Å². The number of anilines is 1. The van der Waals surface area contributed by atoms with Gasteiger partial charge in [0.2, 0.25) is 0 Å². The molecule has 1 atom stereocenters. The summed E-state index contributed by atoms with van der Waals surface area (Å²) in [4.78, 5) is 11.7. The van der Waals surface area contributed by atoms with Crippen LogP contribution in [0.1, 0.15) is 32.6 Å². The molecule has 0 spiro atoms. The molecule has 2 rings (SSSR count). The van der Waals surface area contributed by atoms with Crippen molar-refractivity contribution >= 4 is 21.6 Å². The fraction of sp³-hybridized carbons (Fsp3) is 0.667. The summed E-state index contributed by atoms with van der Waals surface area (Å²) in [7, 11) is 1.65. The maximum atomic E-state index is 11.7. The molecule has 1 aliphatic carbocycles. The molecule has 0 radical (unpaired) electrons. The van der Waals surface area contributed by atoms with E-state index in [1.807, 2.05) is 0 Å². The molecule has 1 unspecified atom stereocenters. The van der Waals surface area contributed by atoms with Gasteiger partial charge in [-0.25, -0.2) is 4.68 Å². The van der Waals surface area contributed by atoms with Crippen LogP contribution in [0.15, 0.2) is 15.5 Å². The minimum absolute atomic E-state index is 0.103. The topological polar surface area (TPSA) is 46.9 Å². The van der Waals surface area contributed by atoms with Crippen molar-refractivity contribution in [2.24, 2.45) is 13.0 Å². The molecule has 1 aliphatic rings. The van der Waals surface area contributed by atoms with Gasteiger partial charge >= 0.3 is 0 Å². The first kappa shape index (κ1) is 12.6. The van der Waals surface area contributed by atoms with Gasteiger partial charge in [0.05, 0.1) is 11.9 Å². The van der Waals surface area contributed by atoms with E-state index < -0.39 is 0 Å². The van der Waals surface area contributed by atoms with Crippen LogP contribution in [-0.4, -0.2) is 15.8 Å². The van der Waals surface area contributed by atoms with Crippen molar-refractivity contribution in [2.75, 3.05) is 5.32 Å². The highest BCUT2D eigenvalue weighted by atomic mass is 79.9. The first-order chi connectivity index (χ1) is 8.09. The predicted octanol–water partition coefficient (Wildman–Crippen LogP) is 2.53. The Morgan fingerprint density at radius 1 is 1.53 bits per heavy atom. The second-order valence-corrected chi connectivity index (χ2v) is 5.57. The van der Waals surface area contributed by atoms with E-state index in [9.17, 15) is 4.79 Å². The fourth-order valence-electron chi connectivity index (χ4n) is 2.43. The van der Waals surface area contributed by atoms with Crippen LogP contribution >= 0.6 is 15.9 Å². The van der Waals surface area contributed by atoms with E-state index in [4.69, 9.17) is 0 Å². The summed E-state index contributed by atoms with van der Waals surface area (Å²) in [5.41, 5.74) is 0.695. The van der Waals surface area contributed by atoms with Gasteiger partial charge in [0.1, 0.15) is 4.47 Å². The zero-order valence-electron chi connectivity index (χ0n) is 10.2. The number of aryl methyl sites for hydroxylation is 1. The Morgan fingerprint density at radius 3 is 2.82 bits per heavy atom. The minimum atomic E-state index is -0.103. The predicted molar refractivity (Wildman–Crippen MR) is 72.2 cm³/mol. The van der Waals surface area contributed by atoms with Gasteiger partial charge in [-0.15, -0.1) is 0 Å². The summed E-state index contributed by atoms with van der Waals surface area (Å²) in [6.45, 7) is 2.18. The van der Waals surface area contributed by atoms with Gasteiger partial charge in [-0.3, -0.25) is 4.79 Å². The third kappa shape index (κ3) is 2.70. The van der Waals surface area contributed by atoms with E-state index >= 15 is 0 Å². The number of aromatic nitrogens is 2. The molecule has 94 valence electrons. The van der Waals surface area contributed by atoms with Gasteiger partial charge in [-0.1, -0.05) is 12.8 Å². The first-order valence-corrected chi connectivity index (χ1v) is 6.87. The number of halogens is 1. The molecule has 4 nitrogen and oxygen atoms in total. The Kier molecular flexibility index (Phi) is 3.86. The van der Waals surface area contributed by atoms with Crippen molar-refractivity contribution in [3.05, 3.63) is 21.0 Å². The molecule has 1 aromatic heterocycles. The Labute approximate surface area is 110 Å². The highest BCUT2D eigenvalue weighted by Gasteiger charge is 2.22. The fourth-order valence-corrected chi connectivity index (χ4v) is 2.91. The summed E-state index contributed by atoms with van der Waals surface area (Å²) >= 11 is 3.33. The maximum Gasteiger partial charge on any atom is 0.282 e. The number of nitrogens with zero attached hydrogens (tertiary/aromatic N) is 2. The van der Waals surface area contributed by atoms with E-state index in [2.05, 4.69) is 33.3 Å². The lowest BCUT2D eigenvalue weighted by Gasteiger charge is -2.21. The Bertz CT molecular complexity index is 452. The third-order valence-corrected chi connectivity index (χ3v) is 4.33. The van der Waals surface area contributed by atoms with Crippen LogP contribution in [0.2, 0.25) is 0 Å². The molecular formula is C12H18BrN3O. The van der Waals surface area contributed by atoms with Gasteiger partial charge in [0.25, 0.3) is 5.56 Å². The molecule has 0 saturated heterocycles. The average Bonchev–Trinajstić information content (AvgIpc) is 2.83. The van der Waals surface area contributed by atoms with E-state index in [0.29, 0.717) is 16.4 Å². The van der Waals surface area contributed by atoms with Gasteiger partial charge < -0.3 is 5.32 Å². The van der Waals surface area contributed by atoms with E-state index in [1.54, 1.807) is 13.2 Å². The summed E-state index contributed by atoms with van der Waals surface area (Å²) < 4.78 is 1.90. The first-order valence-electron chi connectivity index (χ1n) is 6.08. The largest absolute Gasteiger partial charge is 0.380 e. The van der Waals surface area contributed by atoms with Crippen LogP contribution in [0.4, 0.5) is 5.69 Å². The van der Waals surface area contributed by atoms with Crippen LogP contribution in [-0.2, 0) is 7.05 Å². The summed E-state index contributed by atoms with van der Waals surface area (Å²) in [6.07, 6.45) is 6.92. The zero-order valence-corrected chi connectivity index (χ0v) is 11.8. The number of hydrogen-bond donors (Lipinski definition) is 1. The SMILES string of the molecule is CC(Nc1cnn(C)c(=O)c1Br)C1CCCC1. The summed E-state index contributed by atoms with van der Waals surface area (Å²) in [5.74, 6) is 0.714. The Hall–Kier alpha value is -0.840. The third-order valence-electron chi connectivity index (χ3n) is 3.57. The second-order valence-electron chi connectivity index (χ2n) is 4.78. The molecule has 0 amide bonds. The monoisotopic (exact) mass is 299 g/mol. The van der Waals surface area contributed by atoms with Gasteiger partial charge in [-0.05, 0) is 41.6 Å². The number of nitrogens with one attached hydrogen (secondary N) is 1. The van der Waals surface area contributed by atoms with Crippen molar-refractivity contribution < 1.29 is 0 Å². The van der Waals surface area contributed by atoms with Crippen LogP contribution < -0.4 is 10.9 Å². The minimum Gasteiger partial charge on any atom is -0.380 e. The van der Waals surface area contributed by atoms with Gasteiger partial charge in [0, 0.05) is 13.1 Å². The van der Waals surface area contributed by atoms with Gasteiger partial charge in [-0.2, -0.15) is 5.10 Å². The molecule has 5 heteroatoms. The maximum absolute atomic E-state index is 11.7. The van der Waals surface area contributed by atoms with Crippen molar-refractivity contribution in [1.29, 1.82) is 0 Å². The lowest BCUT2D eigenvalue weighted by molar-refractivity contribution is 0.481. The Morgan fingerprint density at radius 2 is 2.18 bits per heavy atom. The molecule has 1 heterocycles. The van der Waals surface area contributed by atoms with E-state index in [-0.39, 0.29) is 5.56 Å². The molecule has 0 bridgehead atoms. The zero-order chi connectivity index (χ0) is 12.4. The summed E-state index contributed by atoms with van der Waals surface area (Å²) in [5, 5.41) is 7.43. The molecule has 1 fully saturated rings. The van der Waals surface area contributed by atoms with Crippen LogP contribution in [0.5, 0.6) is 0 Å². The standard InChI is InChI=1S/C12H18BrN3O/c1-8(9-5-3-4-6-9)15-10-7-14-16(2)12(17)11(10)13/h7-9,15H,3-6H2,1-2H3. The quantitative estimate of drug-likeness (QED) is 0.933. The highest BCUT2D eigenvalue weighted by Crippen LogP contribution is 2.30. The second kappa shape index (κ2) is 5.21. The van der Waals surface area contributed by atoms with E-state index in [0.717, 1.165) is 5.69 Å². The lowest BCUT2D eigenvalue weighted by Crippen LogP contribution is -2.27. The molecular weight excluding hydrogens is 282 g/mol. The lowest BCUT2D eigenvalue weighted by atomic mass is 10.00. The molecule has 1 aromatic rings. The van der Waals surface area contributed by atoms with Crippen molar-refractivity contribution in [2.45, 2.75) is 38.6 Å². The van der Waals surface area contributed by atoms with Crippen LogP contribution in [0.3, 0.4) is 0 Å². The van der Waals surface area contributed by atoms with Crippen molar-refractivity contribution in [3.63, 3.8) is 0 Å². The van der Waals surface area contributed by atoms with Crippen LogP contribution in [0.25, 0.3) is 0 Å². The normalized spacial score (nSPS) is 18.3. The molecule has 1 N–H and O–H groups in total. The number of rotatable bonds is 3. The Balaban J connectivity index is 2.13. The van der Waals surface area contributed by atoms with Gasteiger partial charge in [0.15, 0.2) is 0 Å². The van der Waals surface area contributed by atoms with Crippen LogP contribution in [0, 0.1) is 5.92 Å². The van der Waals surface area contributed by atoms with Crippen molar-refractivity contribution in [1.82, 2.24) is 9.78 Å². The number of hydrogen-bond acceptors (Lipinski definition) is 3. The molecule has 0 aromatic carbocycles. The highest BCUT2D eigenvalue weighted by molar-refractivity contribution is 9.10. The molecule has 0 aliphatic heterocycles. The molecule has 1 saturated carbocycles. The summed E-state index contributed by atoms with van der Waals surface area (Å²) in [6, 6.07) is 0.391. The average molecular weight is 300 g/mol. The smallest absolute Gasteiger partial charge is 0.282 e. The molecule has 17 heavy (non-hydrogen) atoms. The van der Waals surface area contributed by atoms with E-state index in [1.165, 1.54) is 30.4 Å².